The molecule has 2 aromatic heterocycles. The molecule has 0 saturated heterocycles. The summed E-state index contributed by atoms with van der Waals surface area (Å²) in [5, 5.41) is 7.32. The summed E-state index contributed by atoms with van der Waals surface area (Å²) in [4.78, 5) is 20.4. The van der Waals surface area contributed by atoms with E-state index in [1.807, 2.05) is 36.4 Å². The minimum absolute atomic E-state index is 0.0814. The number of aryl methyl sites for hydroxylation is 1. The van der Waals surface area contributed by atoms with Crippen molar-refractivity contribution in [2.24, 2.45) is 0 Å². The molecule has 7 heteroatoms. The zero-order valence-electron chi connectivity index (χ0n) is 12.4. The molecule has 0 spiro atoms. The van der Waals surface area contributed by atoms with Gasteiger partial charge in [-0.05, 0) is 31.2 Å². The number of thioether (sulfide) groups is 1. The molecule has 0 atom stereocenters. The maximum Gasteiger partial charge on any atom is 0.258 e. The maximum absolute atomic E-state index is 11.9. The van der Waals surface area contributed by atoms with E-state index in [1.165, 1.54) is 11.8 Å². The molecule has 0 fully saturated rings. The summed E-state index contributed by atoms with van der Waals surface area (Å²) >= 11 is 1.35. The first-order valence-corrected chi connectivity index (χ1v) is 7.94. The van der Waals surface area contributed by atoms with E-state index < -0.39 is 0 Å². The van der Waals surface area contributed by atoms with Gasteiger partial charge in [-0.25, -0.2) is 4.98 Å². The van der Waals surface area contributed by atoms with Crippen molar-refractivity contribution in [1.29, 1.82) is 0 Å². The summed E-state index contributed by atoms with van der Waals surface area (Å²) < 4.78 is 5.13. The number of benzene rings is 1. The lowest BCUT2D eigenvalue weighted by molar-refractivity contribution is -0.113. The zero-order chi connectivity index (χ0) is 16.1. The van der Waals surface area contributed by atoms with Gasteiger partial charge in [-0.15, -0.1) is 0 Å². The van der Waals surface area contributed by atoms with Crippen LogP contribution in [0.15, 0.2) is 58.2 Å². The van der Waals surface area contributed by atoms with E-state index in [0.29, 0.717) is 11.7 Å². The highest BCUT2D eigenvalue weighted by atomic mass is 32.2. The Labute approximate surface area is 137 Å². The number of para-hydroxylation sites is 1. The van der Waals surface area contributed by atoms with Crippen LogP contribution in [0.1, 0.15) is 5.82 Å². The highest BCUT2D eigenvalue weighted by Gasteiger charge is 2.09. The van der Waals surface area contributed by atoms with Gasteiger partial charge in [0.2, 0.25) is 5.91 Å². The predicted octanol–water partition coefficient (Wildman–Crippen LogP) is 3.17. The van der Waals surface area contributed by atoms with Crippen LogP contribution >= 0.6 is 11.8 Å². The molecule has 2 heterocycles. The van der Waals surface area contributed by atoms with E-state index >= 15 is 0 Å². The lowest BCUT2D eigenvalue weighted by atomic mass is 10.3. The van der Waals surface area contributed by atoms with Crippen LogP contribution in [0.4, 0.5) is 5.69 Å². The Morgan fingerprint density at radius 1 is 1.26 bits per heavy atom. The molecule has 3 rings (SSSR count). The number of hydrogen-bond donors (Lipinski definition) is 1. The number of aromatic nitrogens is 3. The lowest BCUT2D eigenvalue weighted by Crippen LogP contribution is -2.13. The summed E-state index contributed by atoms with van der Waals surface area (Å²) in [6.07, 6.45) is 1.66. The van der Waals surface area contributed by atoms with Crippen LogP contribution in [-0.4, -0.2) is 26.8 Å². The molecule has 116 valence electrons. The first-order chi connectivity index (χ1) is 11.2. The molecule has 1 amide bonds. The molecule has 0 saturated carbocycles. The molecular weight excluding hydrogens is 312 g/mol. The van der Waals surface area contributed by atoms with Crippen molar-refractivity contribution in [3.8, 4) is 11.5 Å². The Bertz CT molecular complexity index is 805. The Balaban J connectivity index is 1.61. The molecule has 0 bridgehead atoms. The molecule has 0 unspecified atom stereocenters. The van der Waals surface area contributed by atoms with Crippen LogP contribution in [0, 0.1) is 6.92 Å². The molecule has 3 aromatic rings. The number of pyridine rings is 1. The van der Waals surface area contributed by atoms with Crippen molar-refractivity contribution in [3.63, 3.8) is 0 Å². The number of rotatable bonds is 5. The number of carbonyl (C=O) groups excluding carboxylic acids is 1. The fourth-order valence-electron chi connectivity index (χ4n) is 1.89. The van der Waals surface area contributed by atoms with Crippen molar-refractivity contribution in [2.45, 2.75) is 11.9 Å². The smallest absolute Gasteiger partial charge is 0.258 e. The van der Waals surface area contributed by atoms with Gasteiger partial charge in [-0.2, -0.15) is 4.98 Å². The van der Waals surface area contributed by atoms with Gasteiger partial charge in [-0.1, -0.05) is 35.1 Å². The molecular formula is C16H14N4O2S. The van der Waals surface area contributed by atoms with Crippen LogP contribution in [0.3, 0.4) is 0 Å². The SMILES string of the molecule is Cc1noc(-c2ccnc(SCC(=O)Nc3ccccc3)c2)n1. The van der Waals surface area contributed by atoms with Crippen LogP contribution < -0.4 is 5.32 Å². The maximum atomic E-state index is 11.9. The van der Waals surface area contributed by atoms with E-state index in [4.69, 9.17) is 4.52 Å². The number of hydrogen-bond acceptors (Lipinski definition) is 6. The summed E-state index contributed by atoms with van der Waals surface area (Å²) in [5.41, 5.74) is 1.56. The van der Waals surface area contributed by atoms with Crippen LogP contribution in [0.25, 0.3) is 11.5 Å². The number of nitrogens with zero attached hydrogens (tertiary/aromatic N) is 3. The van der Waals surface area contributed by atoms with Crippen molar-refractivity contribution in [3.05, 3.63) is 54.5 Å². The van der Waals surface area contributed by atoms with E-state index in [-0.39, 0.29) is 11.7 Å². The largest absolute Gasteiger partial charge is 0.334 e. The molecule has 0 aliphatic carbocycles. The first kappa shape index (κ1) is 15.2. The highest BCUT2D eigenvalue weighted by Crippen LogP contribution is 2.22. The number of nitrogens with one attached hydrogen (secondary N) is 1. The van der Waals surface area contributed by atoms with Crippen LogP contribution in [0.2, 0.25) is 0 Å². The quantitative estimate of drug-likeness (QED) is 0.725. The fourth-order valence-corrected chi connectivity index (χ4v) is 2.59. The first-order valence-electron chi connectivity index (χ1n) is 6.95. The van der Waals surface area contributed by atoms with Gasteiger partial charge in [-0.3, -0.25) is 4.79 Å². The van der Waals surface area contributed by atoms with Gasteiger partial charge in [0, 0.05) is 17.4 Å². The Morgan fingerprint density at radius 3 is 2.83 bits per heavy atom. The molecule has 1 aromatic carbocycles. The Hall–Kier alpha value is -2.67. The van der Waals surface area contributed by atoms with Crippen LogP contribution in [0.5, 0.6) is 0 Å². The second-order valence-corrected chi connectivity index (χ2v) is 5.73. The van der Waals surface area contributed by atoms with Gasteiger partial charge < -0.3 is 9.84 Å². The molecule has 1 N–H and O–H groups in total. The average Bonchev–Trinajstić information content (AvgIpc) is 3.01. The van der Waals surface area contributed by atoms with Gasteiger partial charge in [0.25, 0.3) is 5.89 Å². The fraction of sp³-hybridized carbons (Fsp3) is 0.125. The Morgan fingerprint density at radius 2 is 2.09 bits per heavy atom. The third kappa shape index (κ3) is 4.17. The van der Waals surface area contributed by atoms with Gasteiger partial charge in [0.15, 0.2) is 5.82 Å². The zero-order valence-corrected chi connectivity index (χ0v) is 13.2. The summed E-state index contributed by atoms with van der Waals surface area (Å²) in [5.74, 6) is 1.21. The third-order valence-electron chi connectivity index (χ3n) is 2.92. The summed E-state index contributed by atoms with van der Waals surface area (Å²) in [6, 6.07) is 13.0. The summed E-state index contributed by atoms with van der Waals surface area (Å²) in [6.45, 7) is 1.76. The van der Waals surface area contributed by atoms with E-state index in [2.05, 4.69) is 20.4 Å². The third-order valence-corrected chi connectivity index (χ3v) is 3.84. The predicted molar refractivity (Wildman–Crippen MR) is 88.1 cm³/mol. The minimum Gasteiger partial charge on any atom is -0.334 e. The molecule has 0 radical (unpaired) electrons. The van der Waals surface area contributed by atoms with Gasteiger partial charge in [0.05, 0.1) is 10.8 Å². The molecule has 6 nitrogen and oxygen atoms in total. The average molecular weight is 326 g/mol. The standard InChI is InChI=1S/C16H14N4O2S/c1-11-18-16(22-20-11)12-7-8-17-15(9-12)23-10-14(21)19-13-5-3-2-4-6-13/h2-9H,10H2,1H3,(H,19,21). The van der Waals surface area contributed by atoms with Crippen molar-refractivity contribution in [2.75, 3.05) is 11.1 Å². The molecule has 0 aliphatic heterocycles. The number of carbonyl (C=O) groups is 1. The molecule has 0 aliphatic rings. The second kappa shape index (κ2) is 7.06. The lowest BCUT2D eigenvalue weighted by Gasteiger charge is -2.05. The van der Waals surface area contributed by atoms with Gasteiger partial charge in [0.1, 0.15) is 0 Å². The number of amides is 1. The number of anilines is 1. The summed E-state index contributed by atoms with van der Waals surface area (Å²) in [7, 11) is 0. The van der Waals surface area contributed by atoms with Gasteiger partial charge >= 0.3 is 0 Å². The van der Waals surface area contributed by atoms with Crippen molar-refractivity contribution < 1.29 is 9.32 Å². The van der Waals surface area contributed by atoms with E-state index in [0.717, 1.165) is 16.3 Å². The van der Waals surface area contributed by atoms with Crippen LogP contribution in [-0.2, 0) is 4.79 Å². The highest BCUT2D eigenvalue weighted by molar-refractivity contribution is 7.99. The normalized spacial score (nSPS) is 10.5. The van der Waals surface area contributed by atoms with Crippen molar-refractivity contribution in [1.82, 2.24) is 15.1 Å². The topological polar surface area (TPSA) is 80.9 Å². The van der Waals surface area contributed by atoms with E-state index in [9.17, 15) is 4.79 Å². The molecule has 23 heavy (non-hydrogen) atoms. The monoisotopic (exact) mass is 326 g/mol. The van der Waals surface area contributed by atoms with E-state index in [1.54, 1.807) is 19.2 Å². The minimum atomic E-state index is -0.0814. The second-order valence-electron chi connectivity index (χ2n) is 4.73. The Kier molecular flexibility index (Phi) is 4.68. The van der Waals surface area contributed by atoms with Crippen molar-refractivity contribution >= 4 is 23.4 Å².